The summed E-state index contributed by atoms with van der Waals surface area (Å²) in [6, 6.07) is 8.31. The molecule has 2 aromatic rings. The fourth-order valence-corrected chi connectivity index (χ4v) is 2.04. The summed E-state index contributed by atoms with van der Waals surface area (Å²) < 4.78 is 0. The third kappa shape index (κ3) is 3.51. The van der Waals surface area contributed by atoms with Crippen molar-refractivity contribution >= 4 is 5.69 Å². The number of aromatic nitrogens is 4. The van der Waals surface area contributed by atoms with E-state index in [9.17, 15) is 0 Å². The second-order valence-electron chi connectivity index (χ2n) is 4.55. The lowest BCUT2D eigenvalue weighted by molar-refractivity contribution is 0.625. The van der Waals surface area contributed by atoms with Crippen LogP contribution in [0.25, 0.3) is 0 Å². The zero-order valence-corrected chi connectivity index (χ0v) is 11.5. The van der Waals surface area contributed by atoms with Crippen LogP contribution in [-0.4, -0.2) is 33.3 Å². The Balaban J connectivity index is 2.18. The number of hydrogen-bond acceptors (Lipinski definition) is 5. The van der Waals surface area contributed by atoms with E-state index in [-0.39, 0.29) is 0 Å². The van der Waals surface area contributed by atoms with Gasteiger partial charge in [-0.25, -0.2) is 0 Å². The third-order valence-corrected chi connectivity index (χ3v) is 2.97. The van der Waals surface area contributed by atoms with E-state index in [0.29, 0.717) is 13.1 Å². The van der Waals surface area contributed by atoms with Crippen LogP contribution < -0.4 is 10.6 Å². The Morgan fingerprint density at radius 1 is 1.32 bits per heavy atom. The van der Waals surface area contributed by atoms with E-state index in [1.54, 1.807) is 7.05 Å². The number of nitrogens with two attached hydrogens (primary N) is 1. The van der Waals surface area contributed by atoms with Crippen molar-refractivity contribution in [1.82, 2.24) is 20.2 Å². The molecule has 2 rings (SSSR count). The van der Waals surface area contributed by atoms with Crippen LogP contribution in [0.1, 0.15) is 17.8 Å². The molecule has 0 radical (unpaired) electrons. The van der Waals surface area contributed by atoms with E-state index >= 15 is 0 Å². The van der Waals surface area contributed by atoms with Gasteiger partial charge in [0.05, 0.1) is 13.6 Å². The summed E-state index contributed by atoms with van der Waals surface area (Å²) in [6.45, 7) is 4.32. The minimum Gasteiger partial charge on any atom is -0.364 e. The predicted octanol–water partition coefficient (Wildman–Crippen LogP) is 0.874. The van der Waals surface area contributed by atoms with Crippen LogP contribution in [0.15, 0.2) is 24.3 Å². The second kappa shape index (κ2) is 6.29. The monoisotopic (exact) mass is 260 g/mol. The van der Waals surface area contributed by atoms with Gasteiger partial charge in [-0.05, 0) is 36.7 Å². The largest absolute Gasteiger partial charge is 0.364 e. The fraction of sp³-hybridized carbons (Fsp3) is 0.462. The van der Waals surface area contributed by atoms with Crippen molar-refractivity contribution in [2.24, 2.45) is 12.8 Å². The van der Waals surface area contributed by atoms with Crippen LogP contribution >= 0.6 is 0 Å². The minimum absolute atomic E-state index is 0.651. The van der Waals surface area contributed by atoms with Gasteiger partial charge in [0.25, 0.3) is 0 Å². The number of aryl methyl sites for hydroxylation is 2. The van der Waals surface area contributed by atoms with Gasteiger partial charge in [-0.2, -0.15) is 4.80 Å². The zero-order chi connectivity index (χ0) is 13.7. The molecule has 0 bridgehead atoms. The van der Waals surface area contributed by atoms with E-state index < -0.39 is 0 Å². The molecule has 0 saturated carbocycles. The Hall–Kier alpha value is -1.95. The molecule has 19 heavy (non-hydrogen) atoms. The lowest BCUT2D eigenvalue weighted by Gasteiger charge is -2.24. The number of anilines is 1. The van der Waals surface area contributed by atoms with Crippen molar-refractivity contribution in [3.63, 3.8) is 0 Å². The topological polar surface area (TPSA) is 72.9 Å². The molecule has 0 fully saturated rings. The summed E-state index contributed by atoms with van der Waals surface area (Å²) in [5.74, 6) is 0.725. The van der Waals surface area contributed by atoms with E-state index in [1.165, 1.54) is 16.0 Å². The Labute approximate surface area is 113 Å². The summed E-state index contributed by atoms with van der Waals surface area (Å²) in [5, 5.41) is 12.2. The highest BCUT2D eigenvalue weighted by molar-refractivity contribution is 5.52. The Bertz CT molecular complexity index is 521. The molecule has 0 atom stereocenters. The lowest BCUT2D eigenvalue weighted by atomic mass is 10.1. The van der Waals surface area contributed by atoms with E-state index in [4.69, 9.17) is 5.73 Å². The Morgan fingerprint density at radius 3 is 2.74 bits per heavy atom. The smallest absolute Gasteiger partial charge is 0.193 e. The van der Waals surface area contributed by atoms with Gasteiger partial charge in [0, 0.05) is 12.2 Å². The SMILES string of the molecule is Cc1ccccc1N(CCCN)Cc1nnn(C)n1. The van der Waals surface area contributed by atoms with Crippen molar-refractivity contribution in [1.29, 1.82) is 0 Å². The number of nitrogens with zero attached hydrogens (tertiary/aromatic N) is 5. The molecule has 102 valence electrons. The number of rotatable bonds is 6. The molecule has 0 amide bonds. The average molecular weight is 260 g/mol. The van der Waals surface area contributed by atoms with E-state index in [1.807, 2.05) is 12.1 Å². The van der Waals surface area contributed by atoms with Gasteiger partial charge >= 0.3 is 0 Å². The van der Waals surface area contributed by atoms with Gasteiger partial charge in [-0.1, -0.05) is 18.2 Å². The van der Waals surface area contributed by atoms with Crippen LogP contribution in [0, 0.1) is 6.92 Å². The van der Waals surface area contributed by atoms with E-state index in [2.05, 4.69) is 39.4 Å². The quantitative estimate of drug-likeness (QED) is 0.834. The Morgan fingerprint density at radius 2 is 2.11 bits per heavy atom. The second-order valence-corrected chi connectivity index (χ2v) is 4.55. The molecule has 0 aliphatic rings. The van der Waals surface area contributed by atoms with Crippen LogP contribution in [-0.2, 0) is 13.6 Å². The first-order valence-electron chi connectivity index (χ1n) is 6.44. The molecule has 6 heteroatoms. The Kier molecular flexibility index (Phi) is 4.46. The zero-order valence-electron chi connectivity index (χ0n) is 11.5. The molecule has 0 aliphatic heterocycles. The molecule has 6 nitrogen and oxygen atoms in total. The van der Waals surface area contributed by atoms with Gasteiger partial charge in [-0.15, -0.1) is 10.2 Å². The highest BCUT2D eigenvalue weighted by Crippen LogP contribution is 2.20. The molecule has 1 aromatic heterocycles. The minimum atomic E-state index is 0.651. The summed E-state index contributed by atoms with van der Waals surface area (Å²) in [5.41, 5.74) is 8.05. The van der Waals surface area contributed by atoms with Crippen LogP contribution in [0.5, 0.6) is 0 Å². The summed E-state index contributed by atoms with van der Waals surface area (Å²) in [6.07, 6.45) is 0.939. The molecular weight excluding hydrogens is 240 g/mol. The van der Waals surface area contributed by atoms with Crippen molar-refractivity contribution in [3.05, 3.63) is 35.7 Å². The molecule has 0 aliphatic carbocycles. The first-order chi connectivity index (χ1) is 9.20. The lowest BCUT2D eigenvalue weighted by Crippen LogP contribution is -2.27. The maximum atomic E-state index is 5.62. The maximum Gasteiger partial charge on any atom is 0.193 e. The first-order valence-corrected chi connectivity index (χ1v) is 6.44. The standard InChI is InChI=1S/C13H20N6/c1-11-6-3-4-7-12(11)19(9-5-8-14)10-13-15-17-18(2)16-13/h3-4,6-7H,5,8-10,14H2,1-2H3. The third-order valence-electron chi connectivity index (χ3n) is 2.97. The predicted molar refractivity (Wildman–Crippen MR) is 74.7 cm³/mol. The fourth-order valence-electron chi connectivity index (χ4n) is 2.04. The van der Waals surface area contributed by atoms with Crippen molar-refractivity contribution in [2.75, 3.05) is 18.0 Å². The molecule has 1 aromatic carbocycles. The maximum absolute atomic E-state index is 5.62. The van der Waals surface area contributed by atoms with Gasteiger partial charge in [0.1, 0.15) is 0 Å². The van der Waals surface area contributed by atoms with Crippen molar-refractivity contribution < 1.29 is 0 Å². The summed E-state index contributed by atoms with van der Waals surface area (Å²) in [4.78, 5) is 3.73. The number of hydrogen-bond donors (Lipinski definition) is 1. The van der Waals surface area contributed by atoms with Crippen LogP contribution in [0.2, 0.25) is 0 Å². The van der Waals surface area contributed by atoms with Crippen molar-refractivity contribution in [3.8, 4) is 0 Å². The normalized spacial score (nSPS) is 10.7. The van der Waals surface area contributed by atoms with Gasteiger partial charge in [0.15, 0.2) is 5.82 Å². The first kappa shape index (κ1) is 13.5. The van der Waals surface area contributed by atoms with Crippen LogP contribution in [0.4, 0.5) is 5.69 Å². The number of benzene rings is 1. The molecular formula is C13H20N6. The molecule has 0 unspecified atom stereocenters. The number of tetrazole rings is 1. The number of para-hydroxylation sites is 1. The molecule has 0 spiro atoms. The van der Waals surface area contributed by atoms with Gasteiger partial charge in [0.2, 0.25) is 0 Å². The van der Waals surface area contributed by atoms with Crippen LogP contribution in [0.3, 0.4) is 0 Å². The van der Waals surface area contributed by atoms with Gasteiger partial charge < -0.3 is 10.6 Å². The summed E-state index contributed by atoms with van der Waals surface area (Å²) >= 11 is 0. The molecule has 1 heterocycles. The molecule has 0 saturated heterocycles. The van der Waals surface area contributed by atoms with Crippen molar-refractivity contribution in [2.45, 2.75) is 19.9 Å². The average Bonchev–Trinajstić information content (AvgIpc) is 2.81. The highest BCUT2D eigenvalue weighted by atomic mass is 15.6. The van der Waals surface area contributed by atoms with Gasteiger partial charge in [-0.3, -0.25) is 0 Å². The summed E-state index contributed by atoms with van der Waals surface area (Å²) in [7, 11) is 1.77. The highest BCUT2D eigenvalue weighted by Gasteiger charge is 2.12. The molecule has 2 N–H and O–H groups in total. The van der Waals surface area contributed by atoms with E-state index in [0.717, 1.165) is 18.8 Å².